The summed E-state index contributed by atoms with van der Waals surface area (Å²) in [7, 11) is 2.63. The van der Waals surface area contributed by atoms with Crippen molar-refractivity contribution < 1.29 is 23.9 Å². The average molecular weight is 453 g/mol. The number of amidine groups is 1. The molecule has 1 aromatic heterocycles. The molecule has 1 aromatic carbocycles. The largest absolute Gasteiger partial charge is 0.469 e. The molecule has 0 bridgehead atoms. The Hall–Kier alpha value is -3.82. The van der Waals surface area contributed by atoms with E-state index in [4.69, 9.17) is 20.6 Å². The van der Waals surface area contributed by atoms with Gasteiger partial charge in [0.25, 0.3) is 5.91 Å². The number of methoxy groups -OCH3 is 2. The van der Waals surface area contributed by atoms with Crippen molar-refractivity contribution in [2.45, 2.75) is 25.7 Å². The number of piperidine rings is 1. The first-order valence-electron chi connectivity index (χ1n) is 10.5. The van der Waals surface area contributed by atoms with Gasteiger partial charge >= 0.3 is 11.9 Å². The first kappa shape index (κ1) is 23.8. The second-order valence-corrected chi connectivity index (χ2v) is 8.08. The van der Waals surface area contributed by atoms with Crippen LogP contribution in [0.1, 0.15) is 41.6 Å². The van der Waals surface area contributed by atoms with E-state index in [1.54, 1.807) is 29.2 Å². The van der Waals surface area contributed by atoms with Crippen LogP contribution in [0, 0.1) is 10.8 Å². The van der Waals surface area contributed by atoms with Gasteiger partial charge in [0.05, 0.1) is 32.6 Å². The van der Waals surface area contributed by atoms with E-state index in [0.717, 1.165) is 5.56 Å². The van der Waals surface area contributed by atoms with Crippen LogP contribution in [0.3, 0.4) is 0 Å². The molecule has 3 N–H and O–H groups in total. The van der Waals surface area contributed by atoms with Crippen molar-refractivity contribution in [2.24, 2.45) is 11.1 Å². The molecular weight excluding hydrogens is 426 g/mol. The maximum Gasteiger partial charge on any atom is 0.306 e. The van der Waals surface area contributed by atoms with Crippen molar-refractivity contribution >= 4 is 23.7 Å². The van der Waals surface area contributed by atoms with Gasteiger partial charge in [0.1, 0.15) is 5.84 Å². The smallest absolute Gasteiger partial charge is 0.306 e. The summed E-state index contributed by atoms with van der Waals surface area (Å²) in [6, 6.07) is 6.95. The lowest BCUT2D eigenvalue weighted by molar-refractivity contribution is -0.149. The lowest BCUT2D eigenvalue weighted by Gasteiger charge is -2.40. The number of carbonyl (C=O) groups excluding carboxylic acids is 3. The molecule has 0 aliphatic carbocycles. The standard InChI is InChI=1S/C23H27N5O5/c1-32-18(29)11-23(12-19(30)33-2)7-9-28(10-8-23)22(31)17-13-26-21(27-14-17)16-5-3-15(4-6-16)20(24)25/h3-6,13-14H,7-12H2,1-2H3,(H3,24,25). The Labute approximate surface area is 191 Å². The number of nitrogens with zero attached hydrogens (tertiary/aromatic N) is 3. The normalized spacial score (nSPS) is 14.9. The molecule has 2 aromatic rings. The van der Waals surface area contributed by atoms with Crippen molar-refractivity contribution in [3.05, 3.63) is 47.8 Å². The molecule has 0 atom stereocenters. The van der Waals surface area contributed by atoms with E-state index in [9.17, 15) is 14.4 Å². The molecule has 0 radical (unpaired) electrons. The molecule has 2 heterocycles. The van der Waals surface area contributed by atoms with Crippen LogP contribution in [0.4, 0.5) is 0 Å². The summed E-state index contributed by atoms with van der Waals surface area (Å²) in [5, 5.41) is 7.45. The van der Waals surface area contributed by atoms with Crippen molar-refractivity contribution in [3.8, 4) is 11.4 Å². The van der Waals surface area contributed by atoms with Crippen molar-refractivity contribution in [2.75, 3.05) is 27.3 Å². The van der Waals surface area contributed by atoms with E-state index >= 15 is 0 Å². The Morgan fingerprint density at radius 1 is 0.970 bits per heavy atom. The highest BCUT2D eigenvalue weighted by Crippen LogP contribution is 2.39. The highest BCUT2D eigenvalue weighted by atomic mass is 16.5. The van der Waals surface area contributed by atoms with Crippen LogP contribution < -0.4 is 5.73 Å². The number of esters is 2. The molecule has 33 heavy (non-hydrogen) atoms. The molecule has 0 saturated carbocycles. The zero-order valence-corrected chi connectivity index (χ0v) is 18.7. The fourth-order valence-electron chi connectivity index (χ4n) is 3.93. The highest BCUT2D eigenvalue weighted by molar-refractivity contribution is 5.95. The Kier molecular flexibility index (Phi) is 7.37. The number of nitrogen functional groups attached to an aromatic ring is 1. The molecule has 3 rings (SSSR count). The summed E-state index contributed by atoms with van der Waals surface area (Å²) in [5.41, 5.74) is 6.58. The third-order valence-electron chi connectivity index (χ3n) is 5.96. The number of likely N-dealkylation sites (tertiary alicyclic amines) is 1. The molecule has 0 unspecified atom stereocenters. The van der Waals surface area contributed by atoms with Crippen LogP contribution in [0.25, 0.3) is 11.4 Å². The summed E-state index contributed by atoms with van der Waals surface area (Å²) in [4.78, 5) is 47.0. The minimum atomic E-state index is -0.594. The highest BCUT2D eigenvalue weighted by Gasteiger charge is 2.40. The molecule has 1 saturated heterocycles. The number of nitrogens with one attached hydrogen (secondary N) is 1. The number of hydrogen-bond donors (Lipinski definition) is 2. The van der Waals surface area contributed by atoms with Gasteiger partial charge in [-0.2, -0.15) is 0 Å². The van der Waals surface area contributed by atoms with Gasteiger partial charge in [-0.15, -0.1) is 0 Å². The molecule has 1 fully saturated rings. The average Bonchev–Trinajstić information content (AvgIpc) is 2.84. The van der Waals surface area contributed by atoms with Gasteiger partial charge in [-0.05, 0) is 18.3 Å². The third kappa shape index (κ3) is 5.71. The lowest BCUT2D eigenvalue weighted by Crippen LogP contribution is -2.45. The van der Waals surface area contributed by atoms with Crippen LogP contribution in [0.15, 0.2) is 36.7 Å². The summed E-state index contributed by atoms with van der Waals surface area (Å²) >= 11 is 0. The van der Waals surface area contributed by atoms with E-state index in [0.29, 0.717) is 42.9 Å². The number of rotatable bonds is 7. The summed E-state index contributed by atoms with van der Waals surface area (Å²) in [6.07, 6.45) is 4.11. The van der Waals surface area contributed by atoms with Crippen molar-refractivity contribution in [3.63, 3.8) is 0 Å². The molecule has 1 aliphatic heterocycles. The minimum absolute atomic E-state index is 0.0212. The number of ether oxygens (including phenoxy) is 2. The van der Waals surface area contributed by atoms with Crippen LogP contribution >= 0.6 is 0 Å². The van der Waals surface area contributed by atoms with Gasteiger partial charge in [-0.3, -0.25) is 19.8 Å². The zero-order chi connectivity index (χ0) is 24.0. The molecule has 10 heteroatoms. The van der Waals surface area contributed by atoms with Gasteiger partial charge in [0, 0.05) is 36.6 Å². The lowest BCUT2D eigenvalue weighted by atomic mass is 9.73. The van der Waals surface area contributed by atoms with Crippen LogP contribution in [-0.2, 0) is 19.1 Å². The Balaban J connectivity index is 1.67. The maximum absolute atomic E-state index is 13.0. The van der Waals surface area contributed by atoms with Crippen LogP contribution in [0.2, 0.25) is 0 Å². The predicted molar refractivity (Wildman–Crippen MR) is 119 cm³/mol. The second-order valence-electron chi connectivity index (χ2n) is 8.08. The first-order chi connectivity index (χ1) is 15.8. The molecule has 174 valence electrons. The maximum atomic E-state index is 13.0. The summed E-state index contributed by atoms with van der Waals surface area (Å²) in [6.45, 7) is 0.780. The number of amides is 1. The van der Waals surface area contributed by atoms with Crippen molar-refractivity contribution in [1.82, 2.24) is 14.9 Å². The molecule has 0 spiro atoms. The number of aromatic nitrogens is 2. The van der Waals surface area contributed by atoms with E-state index in [-0.39, 0.29) is 36.5 Å². The third-order valence-corrected chi connectivity index (χ3v) is 5.96. The van der Waals surface area contributed by atoms with E-state index in [1.165, 1.54) is 26.6 Å². The first-order valence-corrected chi connectivity index (χ1v) is 10.5. The van der Waals surface area contributed by atoms with Gasteiger partial charge in [-0.25, -0.2) is 9.97 Å². The van der Waals surface area contributed by atoms with Crippen LogP contribution in [0.5, 0.6) is 0 Å². The quantitative estimate of drug-likeness (QED) is 0.366. The van der Waals surface area contributed by atoms with Gasteiger partial charge < -0.3 is 20.1 Å². The zero-order valence-electron chi connectivity index (χ0n) is 18.7. The van der Waals surface area contributed by atoms with E-state index in [2.05, 4.69) is 9.97 Å². The number of nitrogens with two attached hydrogens (primary N) is 1. The Bertz CT molecular complexity index is 1010. The monoisotopic (exact) mass is 453 g/mol. The topological polar surface area (TPSA) is 149 Å². The number of benzene rings is 1. The van der Waals surface area contributed by atoms with Gasteiger partial charge in [0.2, 0.25) is 0 Å². The fourth-order valence-corrected chi connectivity index (χ4v) is 3.93. The minimum Gasteiger partial charge on any atom is -0.469 e. The van der Waals surface area contributed by atoms with Crippen LogP contribution in [-0.4, -0.2) is 65.9 Å². The Morgan fingerprint density at radius 3 is 1.94 bits per heavy atom. The summed E-state index contributed by atoms with van der Waals surface area (Å²) in [5.74, 6) is -0.557. The molecule has 10 nitrogen and oxygen atoms in total. The molecular formula is C23H27N5O5. The predicted octanol–water partition coefficient (Wildman–Crippen LogP) is 1.78. The van der Waals surface area contributed by atoms with E-state index in [1.807, 2.05) is 0 Å². The summed E-state index contributed by atoms with van der Waals surface area (Å²) < 4.78 is 9.60. The molecule has 1 amide bonds. The van der Waals surface area contributed by atoms with Gasteiger partial charge in [0.15, 0.2) is 5.82 Å². The Morgan fingerprint density at radius 2 is 1.48 bits per heavy atom. The van der Waals surface area contributed by atoms with E-state index < -0.39 is 5.41 Å². The van der Waals surface area contributed by atoms with Gasteiger partial charge in [-0.1, -0.05) is 24.3 Å². The molecule has 1 aliphatic rings. The SMILES string of the molecule is COC(=O)CC1(CC(=O)OC)CCN(C(=O)c2cnc(-c3ccc(C(=N)N)cc3)nc2)CC1. The fraction of sp³-hybridized carbons (Fsp3) is 0.391. The number of carbonyl (C=O) groups is 3. The number of hydrogen-bond acceptors (Lipinski definition) is 8. The second kappa shape index (κ2) is 10.2. The van der Waals surface area contributed by atoms with Crippen molar-refractivity contribution in [1.29, 1.82) is 5.41 Å².